The molecule has 0 aromatic heterocycles. The zero-order chi connectivity index (χ0) is 7.98. The molecule has 2 nitrogen and oxygen atoms in total. The third kappa shape index (κ3) is 4.79. The topological polar surface area (TPSA) is 26.3 Å². The van der Waals surface area contributed by atoms with E-state index in [0.717, 1.165) is 12.8 Å². The van der Waals surface area contributed by atoms with E-state index in [1.807, 2.05) is 0 Å². The van der Waals surface area contributed by atoms with Crippen LogP contribution < -0.4 is 0 Å². The second kappa shape index (κ2) is 5.71. The fraction of sp³-hybridized carbons (Fsp3) is 0.857. The van der Waals surface area contributed by atoms with Crippen molar-refractivity contribution in [2.24, 2.45) is 0 Å². The van der Waals surface area contributed by atoms with Crippen molar-refractivity contribution in [3.63, 3.8) is 0 Å². The van der Waals surface area contributed by atoms with E-state index in [1.54, 1.807) is 6.92 Å². The monoisotopic (exact) mass is 208 g/mol. The summed E-state index contributed by atoms with van der Waals surface area (Å²) < 4.78 is 4.86. The highest BCUT2D eigenvalue weighted by Crippen LogP contribution is 2.00. The molecule has 0 spiro atoms. The lowest BCUT2D eigenvalue weighted by Gasteiger charge is -2.03. The van der Waals surface area contributed by atoms with Crippen LogP contribution in [0.5, 0.6) is 0 Å². The van der Waals surface area contributed by atoms with Crippen LogP contribution in [0.4, 0.5) is 0 Å². The number of hydrogen-bond donors (Lipinski definition) is 0. The molecule has 60 valence electrons. The Labute approximate surface area is 70.1 Å². The van der Waals surface area contributed by atoms with E-state index in [9.17, 15) is 4.79 Å². The average Bonchev–Trinajstić information content (AvgIpc) is 1.88. The number of rotatable bonds is 4. The van der Waals surface area contributed by atoms with Crippen LogP contribution in [0.2, 0.25) is 0 Å². The molecule has 0 bridgehead atoms. The fourth-order valence-corrected chi connectivity index (χ4v) is 0.564. The second-order valence-corrected chi connectivity index (χ2v) is 3.51. The van der Waals surface area contributed by atoms with Gasteiger partial charge in [0.05, 0.1) is 6.61 Å². The number of ether oxygens (including phenoxy) is 1. The number of hydrogen-bond acceptors (Lipinski definition) is 2. The predicted octanol–water partition coefficient (Wildman–Crippen LogP) is 2.11. The maximum atomic E-state index is 10.7. The molecule has 0 aromatic carbocycles. The summed E-state index contributed by atoms with van der Waals surface area (Å²) in [5.41, 5.74) is 0. The molecule has 0 N–H and O–H groups in total. The Morgan fingerprint density at radius 2 is 2.30 bits per heavy atom. The molecular weight excluding hydrogens is 196 g/mol. The SMILES string of the molecule is CCCCOC(=O)C(C)Br. The van der Waals surface area contributed by atoms with Crippen LogP contribution in [0.25, 0.3) is 0 Å². The van der Waals surface area contributed by atoms with E-state index in [-0.39, 0.29) is 10.8 Å². The van der Waals surface area contributed by atoms with Crippen LogP contribution in [0.3, 0.4) is 0 Å². The summed E-state index contributed by atoms with van der Waals surface area (Å²) in [5, 5.41) is 0. The molecule has 3 heteroatoms. The van der Waals surface area contributed by atoms with Gasteiger partial charge in [-0.1, -0.05) is 29.3 Å². The Hall–Kier alpha value is -0.0500. The smallest absolute Gasteiger partial charge is 0.319 e. The van der Waals surface area contributed by atoms with E-state index in [4.69, 9.17) is 4.74 Å². The average molecular weight is 209 g/mol. The molecule has 0 rings (SSSR count). The summed E-state index contributed by atoms with van der Waals surface area (Å²) >= 11 is 3.12. The van der Waals surface area contributed by atoms with Gasteiger partial charge in [0.2, 0.25) is 0 Å². The Balaban J connectivity index is 3.22. The quantitative estimate of drug-likeness (QED) is 0.402. The van der Waals surface area contributed by atoms with E-state index in [2.05, 4.69) is 22.9 Å². The molecule has 0 saturated carbocycles. The molecule has 0 fully saturated rings. The molecule has 0 aliphatic carbocycles. The van der Waals surface area contributed by atoms with Gasteiger partial charge in [-0.15, -0.1) is 0 Å². The molecular formula is C7H13BrO2. The molecule has 0 aliphatic rings. The molecule has 1 unspecified atom stereocenters. The first kappa shape index (κ1) is 9.95. The second-order valence-electron chi connectivity index (χ2n) is 2.14. The molecule has 0 aliphatic heterocycles. The Morgan fingerprint density at radius 1 is 1.70 bits per heavy atom. The lowest BCUT2D eigenvalue weighted by molar-refractivity contribution is -0.142. The summed E-state index contributed by atoms with van der Waals surface area (Å²) in [6.07, 6.45) is 2.01. The predicted molar refractivity (Wildman–Crippen MR) is 44.3 cm³/mol. The summed E-state index contributed by atoms with van der Waals surface area (Å²) in [4.78, 5) is 10.6. The van der Waals surface area contributed by atoms with Gasteiger partial charge in [-0.25, -0.2) is 0 Å². The number of esters is 1. The van der Waals surface area contributed by atoms with Gasteiger partial charge in [0.1, 0.15) is 4.83 Å². The fourth-order valence-electron chi connectivity index (χ4n) is 0.432. The van der Waals surface area contributed by atoms with Crippen molar-refractivity contribution in [3.8, 4) is 0 Å². The summed E-state index contributed by atoms with van der Waals surface area (Å²) in [7, 11) is 0. The Morgan fingerprint density at radius 3 is 2.70 bits per heavy atom. The Bertz CT molecular complexity index is 102. The molecule has 0 radical (unpaired) electrons. The number of halogens is 1. The van der Waals surface area contributed by atoms with Crippen LogP contribution in [-0.4, -0.2) is 17.4 Å². The van der Waals surface area contributed by atoms with Crippen molar-refractivity contribution in [1.29, 1.82) is 0 Å². The van der Waals surface area contributed by atoms with Crippen molar-refractivity contribution in [1.82, 2.24) is 0 Å². The van der Waals surface area contributed by atoms with Gasteiger partial charge in [-0.2, -0.15) is 0 Å². The number of alkyl halides is 1. The van der Waals surface area contributed by atoms with E-state index < -0.39 is 0 Å². The minimum atomic E-state index is -0.177. The third-order valence-electron chi connectivity index (χ3n) is 1.07. The van der Waals surface area contributed by atoms with Gasteiger partial charge in [0.25, 0.3) is 0 Å². The van der Waals surface area contributed by atoms with Gasteiger partial charge in [-0.3, -0.25) is 4.79 Å². The van der Waals surface area contributed by atoms with Crippen molar-refractivity contribution < 1.29 is 9.53 Å². The highest BCUT2D eigenvalue weighted by atomic mass is 79.9. The third-order valence-corrected chi connectivity index (χ3v) is 1.44. The standard InChI is InChI=1S/C7H13BrO2/c1-3-4-5-10-7(9)6(2)8/h6H,3-5H2,1-2H3. The van der Waals surface area contributed by atoms with Crippen molar-refractivity contribution >= 4 is 21.9 Å². The van der Waals surface area contributed by atoms with Gasteiger partial charge < -0.3 is 4.74 Å². The molecule has 0 amide bonds. The maximum absolute atomic E-state index is 10.7. The van der Waals surface area contributed by atoms with Gasteiger partial charge in [0.15, 0.2) is 0 Å². The number of carbonyl (C=O) groups is 1. The highest BCUT2D eigenvalue weighted by molar-refractivity contribution is 9.10. The first-order valence-electron chi connectivity index (χ1n) is 3.49. The first-order chi connectivity index (χ1) is 4.68. The zero-order valence-electron chi connectivity index (χ0n) is 6.39. The number of unbranched alkanes of at least 4 members (excludes halogenated alkanes) is 1. The van der Waals surface area contributed by atoms with Crippen LogP contribution in [0.15, 0.2) is 0 Å². The molecule has 0 saturated heterocycles. The molecule has 10 heavy (non-hydrogen) atoms. The largest absolute Gasteiger partial charge is 0.465 e. The van der Waals surface area contributed by atoms with Gasteiger partial charge in [0, 0.05) is 0 Å². The van der Waals surface area contributed by atoms with Gasteiger partial charge >= 0.3 is 5.97 Å². The van der Waals surface area contributed by atoms with Crippen LogP contribution >= 0.6 is 15.9 Å². The zero-order valence-corrected chi connectivity index (χ0v) is 7.98. The van der Waals surface area contributed by atoms with Crippen LogP contribution in [0, 0.1) is 0 Å². The van der Waals surface area contributed by atoms with E-state index in [0.29, 0.717) is 6.61 Å². The van der Waals surface area contributed by atoms with Crippen molar-refractivity contribution in [3.05, 3.63) is 0 Å². The first-order valence-corrected chi connectivity index (χ1v) is 4.40. The van der Waals surface area contributed by atoms with E-state index in [1.165, 1.54) is 0 Å². The molecule has 0 heterocycles. The van der Waals surface area contributed by atoms with Crippen LogP contribution in [0.1, 0.15) is 26.7 Å². The highest BCUT2D eigenvalue weighted by Gasteiger charge is 2.08. The van der Waals surface area contributed by atoms with E-state index >= 15 is 0 Å². The Kier molecular flexibility index (Phi) is 5.69. The summed E-state index contributed by atoms with van der Waals surface area (Å²) in [5.74, 6) is -0.173. The lowest BCUT2D eigenvalue weighted by Crippen LogP contribution is -2.14. The summed E-state index contributed by atoms with van der Waals surface area (Å²) in [6.45, 7) is 4.37. The van der Waals surface area contributed by atoms with Crippen LogP contribution in [-0.2, 0) is 9.53 Å². The van der Waals surface area contributed by atoms with Crippen molar-refractivity contribution in [2.45, 2.75) is 31.5 Å². The maximum Gasteiger partial charge on any atom is 0.319 e. The minimum Gasteiger partial charge on any atom is -0.465 e. The van der Waals surface area contributed by atoms with Crippen molar-refractivity contribution in [2.75, 3.05) is 6.61 Å². The number of carbonyl (C=O) groups excluding carboxylic acids is 1. The normalized spacial score (nSPS) is 12.7. The molecule has 0 aromatic rings. The van der Waals surface area contributed by atoms with Gasteiger partial charge in [-0.05, 0) is 13.3 Å². The summed E-state index contributed by atoms with van der Waals surface area (Å²) in [6, 6.07) is 0. The lowest BCUT2D eigenvalue weighted by atomic mass is 10.4. The minimum absolute atomic E-state index is 0.173. The molecule has 1 atom stereocenters.